The van der Waals surface area contributed by atoms with Gasteiger partial charge in [-0.3, -0.25) is 0 Å². The number of hydrogen-bond donors (Lipinski definition) is 1. The van der Waals surface area contributed by atoms with Crippen LogP contribution in [-0.4, -0.2) is 28.6 Å². The van der Waals surface area contributed by atoms with Crippen LogP contribution in [0.1, 0.15) is 24.2 Å². The maximum Gasteiger partial charge on any atom is 0.153 e. The summed E-state index contributed by atoms with van der Waals surface area (Å²) in [5.74, 6) is 0.733. The van der Waals surface area contributed by atoms with Gasteiger partial charge in [0.2, 0.25) is 0 Å². The fourth-order valence-corrected chi connectivity index (χ4v) is 2.85. The van der Waals surface area contributed by atoms with Crippen LogP contribution in [0.5, 0.6) is 5.75 Å². The second kappa shape index (κ2) is 6.56. The Morgan fingerprint density at radius 2 is 2.25 bits per heavy atom. The van der Waals surface area contributed by atoms with Crippen LogP contribution in [0.4, 0.5) is 0 Å². The third-order valence-electron chi connectivity index (χ3n) is 3.01. The monoisotopic (exact) mass is 358 g/mol. The molecular weight excluding hydrogens is 344 g/mol. The van der Waals surface area contributed by atoms with Gasteiger partial charge in [-0.2, -0.15) is 0 Å². The van der Waals surface area contributed by atoms with Crippen LogP contribution in [0.15, 0.2) is 22.8 Å². The summed E-state index contributed by atoms with van der Waals surface area (Å²) in [6.45, 7) is 2.85. The minimum absolute atomic E-state index is 0.0819. The number of aromatic nitrogens is 3. The zero-order chi connectivity index (χ0) is 14.7. The van der Waals surface area contributed by atoms with Crippen molar-refractivity contribution in [3.63, 3.8) is 0 Å². The number of hydrogen-bond acceptors (Lipinski definition) is 4. The summed E-state index contributed by atoms with van der Waals surface area (Å²) in [5, 5.41) is 12.1. The second-order valence-electron chi connectivity index (χ2n) is 4.27. The Morgan fingerprint density at radius 1 is 1.50 bits per heavy atom. The molecule has 1 unspecified atom stereocenters. The van der Waals surface area contributed by atoms with Crippen molar-refractivity contribution in [3.8, 4) is 5.75 Å². The van der Waals surface area contributed by atoms with E-state index in [1.165, 1.54) is 0 Å². The zero-order valence-corrected chi connectivity index (χ0v) is 13.9. The number of nitrogens with zero attached hydrogens (tertiary/aromatic N) is 3. The molecule has 0 radical (unpaired) electrons. The smallest absolute Gasteiger partial charge is 0.153 e. The third-order valence-corrected chi connectivity index (χ3v) is 3.81. The van der Waals surface area contributed by atoms with Crippen molar-refractivity contribution in [1.82, 2.24) is 20.3 Å². The largest absolute Gasteiger partial charge is 0.496 e. The fourth-order valence-electron chi connectivity index (χ4n) is 2.13. The molecule has 1 heterocycles. The molecule has 0 amide bonds. The van der Waals surface area contributed by atoms with Crippen LogP contribution in [0.2, 0.25) is 5.02 Å². The van der Waals surface area contributed by atoms with Gasteiger partial charge in [-0.15, -0.1) is 5.10 Å². The Morgan fingerprint density at radius 3 is 2.80 bits per heavy atom. The first-order valence-corrected chi connectivity index (χ1v) is 7.37. The number of benzene rings is 1. The summed E-state index contributed by atoms with van der Waals surface area (Å²) in [7, 11) is 3.49. The minimum atomic E-state index is -0.0819. The SMILES string of the molecule is CCNC(c1ccc(Cl)cc1OC)c1c(Br)nnn1C. The van der Waals surface area contributed by atoms with Gasteiger partial charge in [-0.25, -0.2) is 4.68 Å². The molecule has 0 spiro atoms. The number of aryl methyl sites for hydroxylation is 1. The average Bonchev–Trinajstić information content (AvgIpc) is 2.76. The number of halogens is 2. The normalized spacial score (nSPS) is 12.4. The molecule has 0 fully saturated rings. The summed E-state index contributed by atoms with van der Waals surface area (Å²) in [6.07, 6.45) is 0. The van der Waals surface area contributed by atoms with Crippen molar-refractivity contribution in [2.75, 3.05) is 13.7 Å². The molecule has 5 nitrogen and oxygen atoms in total. The topological polar surface area (TPSA) is 52.0 Å². The second-order valence-corrected chi connectivity index (χ2v) is 5.45. The molecule has 1 aromatic heterocycles. The predicted octanol–water partition coefficient (Wildman–Crippen LogP) is 2.94. The highest BCUT2D eigenvalue weighted by atomic mass is 79.9. The third kappa shape index (κ3) is 2.97. The van der Waals surface area contributed by atoms with Crippen molar-refractivity contribution in [2.24, 2.45) is 7.05 Å². The highest BCUT2D eigenvalue weighted by molar-refractivity contribution is 9.10. The van der Waals surface area contributed by atoms with Crippen LogP contribution >= 0.6 is 27.5 Å². The fraction of sp³-hybridized carbons (Fsp3) is 0.385. The molecule has 0 saturated heterocycles. The van der Waals surface area contributed by atoms with Crippen molar-refractivity contribution in [1.29, 1.82) is 0 Å². The number of methoxy groups -OCH3 is 1. The molecule has 0 aliphatic rings. The number of ether oxygens (including phenoxy) is 1. The molecular formula is C13H16BrClN4O. The lowest BCUT2D eigenvalue weighted by Gasteiger charge is -2.21. The molecule has 20 heavy (non-hydrogen) atoms. The standard InChI is InChI=1S/C13H16BrClN4O/c1-4-16-11(12-13(14)17-18-19(12)2)9-6-5-8(15)7-10(9)20-3/h5-7,11,16H,4H2,1-3H3. The van der Waals surface area contributed by atoms with Gasteiger partial charge in [-0.05, 0) is 34.6 Å². The Bertz CT molecular complexity index is 583. The number of nitrogens with one attached hydrogen (secondary N) is 1. The van der Waals surface area contributed by atoms with Crippen LogP contribution in [0.25, 0.3) is 0 Å². The van der Waals surface area contributed by atoms with E-state index in [0.717, 1.165) is 23.6 Å². The molecule has 1 atom stereocenters. The number of rotatable bonds is 5. The first kappa shape index (κ1) is 15.3. The van der Waals surface area contributed by atoms with Gasteiger partial charge >= 0.3 is 0 Å². The molecule has 0 bridgehead atoms. The molecule has 1 N–H and O–H groups in total. The van der Waals surface area contributed by atoms with Crippen molar-refractivity contribution in [3.05, 3.63) is 39.1 Å². The molecule has 108 valence electrons. The average molecular weight is 360 g/mol. The Hall–Kier alpha value is -1.11. The highest BCUT2D eigenvalue weighted by Crippen LogP contribution is 2.34. The quantitative estimate of drug-likeness (QED) is 0.892. The highest BCUT2D eigenvalue weighted by Gasteiger charge is 2.24. The first-order valence-electron chi connectivity index (χ1n) is 6.20. The lowest BCUT2D eigenvalue weighted by molar-refractivity contribution is 0.402. The van der Waals surface area contributed by atoms with E-state index in [1.807, 2.05) is 26.1 Å². The molecule has 2 aromatic rings. The first-order chi connectivity index (χ1) is 9.58. The van der Waals surface area contributed by atoms with Crippen LogP contribution in [-0.2, 0) is 7.05 Å². The lowest BCUT2D eigenvalue weighted by Crippen LogP contribution is -2.25. The lowest BCUT2D eigenvalue weighted by atomic mass is 10.0. The van der Waals surface area contributed by atoms with Gasteiger partial charge in [-0.1, -0.05) is 29.8 Å². The van der Waals surface area contributed by atoms with E-state index < -0.39 is 0 Å². The van der Waals surface area contributed by atoms with Gasteiger partial charge in [0.15, 0.2) is 4.60 Å². The predicted molar refractivity (Wildman–Crippen MR) is 82.2 cm³/mol. The Labute approximate surface area is 131 Å². The summed E-state index contributed by atoms with van der Waals surface area (Å²) >= 11 is 9.47. The van der Waals surface area contributed by atoms with E-state index in [9.17, 15) is 0 Å². The summed E-state index contributed by atoms with van der Waals surface area (Å²) in [6, 6.07) is 5.52. The maximum absolute atomic E-state index is 6.03. The molecule has 7 heteroatoms. The van der Waals surface area contributed by atoms with Crippen LogP contribution in [0.3, 0.4) is 0 Å². The molecule has 2 rings (SSSR count). The van der Waals surface area contributed by atoms with Gasteiger partial charge in [0, 0.05) is 17.6 Å². The molecule has 0 aliphatic heterocycles. The van der Waals surface area contributed by atoms with Gasteiger partial charge < -0.3 is 10.1 Å². The van der Waals surface area contributed by atoms with E-state index in [-0.39, 0.29) is 6.04 Å². The Kier molecular flexibility index (Phi) is 5.01. The van der Waals surface area contributed by atoms with Crippen molar-refractivity contribution in [2.45, 2.75) is 13.0 Å². The summed E-state index contributed by atoms with van der Waals surface area (Å²) in [4.78, 5) is 0. The van der Waals surface area contributed by atoms with E-state index >= 15 is 0 Å². The van der Waals surface area contributed by atoms with Crippen LogP contribution in [0, 0.1) is 0 Å². The molecule has 1 aromatic carbocycles. The van der Waals surface area contributed by atoms with Crippen molar-refractivity contribution >= 4 is 27.5 Å². The summed E-state index contributed by atoms with van der Waals surface area (Å²) in [5.41, 5.74) is 1.93. The zero-order valence-electron chi connectivity index (χ0n) is 11.5. The van der Waals surface area contributed by atoms with Gasteiger partial charge in [0.05, 0.1) is 18.8 Å². The summed E-state index contributed by atoms with van der Waals surface area (Å²) < 4.78 is 7.89. The van der Waals surface area contributed by atoms with E-state index in [1.54, 1.807) is 17.9 Å². The minimum Gasteiger partial charge on any atom is -0.496 e. The van der Waals surface area contributed by atoms with Gasteiger partial charge in [0.25, 0.3) is 0 Å². The van der Waals surface area contributed by atoms with Crippen LogP contribution < -0.4 is 10.1 Å². The maximum atomic E-state index is 6.03. The molecule has 0 saturated carbocycles. The van der Waals surface area contributed by atoms with Gasteiger partial charge in [0.1, 0.15) is 5.75 Å². The molecule has 0 aliphatic carbocycles. The van der Waals surface area contributed by atoms with E-state index in [2.05, 4.69) is 31.6 Å². The van der Waals surface area contributed by atoms with Crippen molar-refractivity contribution < 1.29 is 4.74 Å². The Balaban J connectivity index is 2.54. The van der Waals surface area contributed by atoms with E-state index in [4.69, 9.17) is 16.3 Å². The van der Waals surface area contributed by atoms with E-state index in [0.29, 0.717) is 9.63 Å².